The van der Waals surface area contributed by atoms with E-state index in [9.17, 15) is 9.90 Å². The van der Waals surface area contributed by atoms with Crippen molar-refractivity contribution < 1.29 is 19.7 Å². The van der Waals surface area contributed by atoms with Crippen LogP contribution in [-0.4, -0.2) is 41.5 Å². The van der Waals surface area contributed by atoms with Crippen LogP contribution in [0, 0.1) is 0 Å². The number of phenols is 1. The highest BCUT2D eigenvalue weighted by molar-refractivity contribution is 5.68. The van der Waals surface area contributed by atoms with Crippen molar-refractivity contribution >= 4 is 6.09 Å². The maximum absolute atomic E-state index is 11.5. The molecule has 1 amide bonds. The fourth-order valence-electron chi connectivity index (χ4n) is 1.44. The predicted octanol–water partition coefficient (Wildman–Crippen LogP) is 1.51. The largest absolute Gasteiger partial charge is 0.508 e. The van der Waals surface area contributed by atoms with E-state index in [4.69, 9.17) is 9.84 Å². The zero-order chi connectivity index (χ0) is 12.8. The van der Waals surface area contributed by atoms with E-state index in [1.54, 1.807) is 38.2 Å². The molecule has 0 heterocycles. The van der Waals surface area contributed by atoms with E-state index < -0.39 is 6.09 Å². The Morgan fingerprint density at radius 3 is 2.71 bits per heavy atom. The number of carbonyl (C=O) groups is 1. The summed E-state index contributed by atoms with van der Waals surface area (Å²) in [5.74, 6) is 0.141. The number of carbonyl (C=O) groups excluding carboxylic acids is 1. The van der Waals surface area contributed by atoms with Gasteiger partial charge in [0.2, 0.25) is 0 Å². The van der Waals surface area contributed by atoms with Gasteiger partial charge in [-0.3, -0.25) is 0 Å². The zero-order valence-electron chi connectivity index (χ0n) is 9.96. The van der Waals surface area contributed by atoms with Gasteiger partial charge < -0.3 is 19.8 Å². The number of aliphatic hydroxyl groups excluding tert-OH is 1. The Balaban J connectivity index is 2.72. The first kappa shape index (κ1) is 13.3. The Labute approximate surface area is 100 Å². The number of phenolic OH excluding ortho intramolecular Hbond substituents is 1. The first-order valence-electron chi connectivity index (χ1n) is 5.36. The highest BCUT2D eigenvalue weighted by atomic mass is 16.6. The van der Waals surface area contributed by atoms with Crippen molar-refractivity contribution in [2.45, 2.75) is 13.0 Å². The molecule has 0 fully saturated rings. The van der Waals surface area contributed by atoms with Crippen LogP contribution in [0.15, 0.2) is 24.3 Å². The first-order valence-corrected chi connectivity index (χ1v) is 5.36. The molecule has 1 aromatic carbocycles. The average molecular weight is 239 g/mol. The van der Waals surface area contributed by atoms with Crippen molar-refractivity contribution in [3.63, 3.8) is 0 Å². The van der Waals surface area contributed by atoms with Crippen LogP contribution in [-0.2, 0) is 4.74 Å². The SMILES string of the molecule is CC(c1ccccc1O)N(C)C(=O)OCCO. The summed E-state index contributed by atoms with van der Waals surface area (Å²) in [5.41, 5.74) is 0.649. The lowest BCUT2D eigenvalue weighted by Crippen LogP contribution is -2.31. The van der Waals surface area contributed by atoms with Crippen molar-refractivity contribution in [2.24, 2.45) is 0 Å². The molecule has 0 saturated carbocycles. The van der Waals surface area contributed by atoms with Crippen LogP contribution in [0.2, 0.25) is 0 Å². The number of hydrogen-bond acceptors (Lipinski definition) is 4. The molecule has 0 spiro atoms. The van der Waals surface area contributed by atoms with Crippen molar-refractivity contribution in [1.82, 2.24) is 4.90 Å². The standard InChI is InChI=1S/C12H17NO4/c1-9(10-5-3-4-6-11(10)15)13(2)12(16)17-8-7-14/h3-6,9,14-15H,7-8H2,1-2H3. The summed E-state index contributed by atoms with van der Waals surface area (Å²) < 4.78 is 4.79. The minimum atomic E-state index is -0.533. The van der Waals surface area contributed by atoms with E-state index in [0.717, 1.165) is 0 Å². The molecule has 0 radical (unpaired) electrons. The second-order valence-electron chi connectivity index (χ2n) is 3.68. The molecule has 1 aromatic rings. The summed E-state index contributed by atoms with van der Waals surface area (Å²) in [6.45, 7) is 1.55. The quantitative estimate of drug-likeness (QED) is 0.835. The van der Waals surface area contributed by atoms with E-state index in [0.29, 0.717) is 5.56 Å². The number of aromatic hydroxyl groups is 1. The highest BCUT2D eigenvalue weighted by Crippen LogP contribution is 2.27. The third kappa shape index (κ3) is 3.35. The van der Waals surface area contributed by atoms with Crippen LogP contribution in [0.25, 0.3) is 0 Å². The van der Waals surface area contributed by atoms with E-state index in [1.807, 2.05) is 0 Å². The lowest BCUT2D eigenvalue weighted by molar-refractivity contribution is 0.0816. The molecule has 94 valence electrons. The van der Waals surface area contributed by atoms with Crippen LogP contribution in [0.5, 0.6) is 5.75 Å². The molecular weight excluding hydrogens is 222 g/mol. The lowest BCUT2D eigenvalue weighted by Gasteiger charge is -2.25. The maximum Gasteiger partial charge on any atom is 0.410 e. The molecule has 0 aromatic heterocycles. The van der Waals surface area contributed by atoms with Gasteiger partial charge in [0.1, 0.15) is 12.4 Å². The Kier molecular flexibility index (Phi) is 4.78. The zero-order valence-corrected chi connectivity index (χ0v) is 9.96. The second-order valence-corrected chi connectivity index (χ2v) is 3.68. The van der Waals surface area contributed by atoms with Gasteiger partial charge >= 0.3 is 6.09 Å². The van der Waals surface area contributed by atoms with Crippen LogP contribution in [0.1, 0.15) is 18.5 Å². The van der Waals surface area contributed by atoms with Gasteiger partial charge in [-0.05, 0) is 13.0 Å². The van der Waals surface area contributed by atoms with Crippen LogP contribution in [0.3, 0.4) is 0 Å². The van der Waals surface area contributed by atoms with Crippen molar-refractivity contribution in [2.75, 3.05) is 20.3 Å². The number of hydrogen-bond donors (Lipinski definition) is 2. The molecule has 5 heteroatoms. The van der Waals surface area contributed by atoms with Gasteiger partial charge in [-0.2, -0.15) is 0 Å². The van der Waals surface area contributed by atoms with E-state index in [2.05, 4.69) is 0 Å². The number of aliphatic hydroxyl groups is 1. The van der Waals surface area contributed by atoms with Crippen LogP contribution in [0.4, 0.5) is 4.79 Å². The highest BCUT2D eigenvalue weighted by Gasteiger charge is 2.20. The molecule has 5 nitrogen and oxygen atoms in total. The molecule has 1 rings (SSSR count). The summed E-state index contributed by atoms with van der Waals surface area (Å²) in [6.07, 6.45) is -0.533. The van der Waals surface area contributed by atoms with Gasteiger partial charge in [-0.25, -0.2) is 4.79 Å². The van der Waals surface area contributed by atoms with Gasteiger partial charge in [0.15, 0.2) is 0 Å². The predicted molar refractivity (Wildman–Crippen MR) is 62.7 cm³/mol. The van der Waals surface area contributed by atoms with Crippen molar-refractivity contribution in [3.05, 3.63) is 29.8 Å². The van der Waals surface area contributed by atoms with Crippen molar-refractivity contribution in [3.8, 4) is 5.75 Å². The molecule has 0 aliphatic heterocycles. The minimum absolute atomic E-state index is 0.0311. The topological polar surface area (TPSA) is 70.0 Å². The van der Waals surface area contributed by atoms with Crippen molar-refractivity contribution in [1.29, 1.82) is 0 Å². The number of amides is 1. The molecular formula is C12H17NO4. The van der Waals surface area contributed by atoms with Gasteiger partial charge in [-0.1, -0.05) is 18.2 Å². The Bertz CT molecular complexity index is 381. The first-order chi connectivity index (χ1) is 8.07. The normalized spacial score (nSPS) is 11.9. The Morgan fingerprint density at radius 1 is 1.47 bits per heavy atom. The number of nitrogens with zero attached hydrogens (tertiary/aromatic N) is 1. The summed E-state index contributed by atoms with van der Waals surface area (Å²) in [4.78, 5) is 12.9. The molecule has 0 aliphatic carbocycles. The summed E-state index contributed by atoms with van der Waals surface area (Å²) in [5, 5.41) is 18.2. The molecule has 17 heavy (non-hydrogen) atoms. The number of rotatable bonds is 4. The van der Waals surface area contributed by atoms with E-state index in [-0.39, 0.29) is 25.0 Å². The molecule has 0 bridgehead atoms. The Morgan fingerprint density at radius 2 is 2.12 bits per heavy atom. The third-order valence-corrected chi connectivity index (χ3v) is 2.57. The molecule has 0 aliphatic rings. The number of para-hydroxylation sites is 1. The second kappa shape index (κ2) is 6.10. The smallest absolute Gasteiger partial charge is 0.410 e. The summed E-state index contributed by atoms with van der Waals surface area (Å²) >= 11 is 0. The minimum Gasteiger partial charge on any atom is -0.508 e. The van der Waals surface area contributed by atoms with Gasteiger partial charge in [-0.15, -0.1) is 0 Å². The average Bonchev–Trinajstić information content (AvgIpc) is 2.34. The fourth-order valence-corrected chi connectivity index (χ4v) is 1.44. The fraction of sp³-hybridized carbons (Fsp3) is 0.417. The van der Waals surface area contributed by atoms with Gasteiger partial charge in [0.25, 0.3) is 0 Å². The number of ether oxygens (including phenoxy) is 1. The van der Waals surface area contributed by atoms with Crippen LogP contribution < -0.4 is 0 Å². The van der Waals surface area contributed by atoms with E-state index in [1.165, 1.54) is 4.90 Å². The monoisotopic (exact) mass is 239 g/mol. The number of benzene rings is 1. The van der Waals surface area contributed by atoms with Gasteiger partial charge in [0.05, 0.1) is 12.6 Å². The summed E-state index contributed by atoms with van der Waals surface area (Å²) in [7, 11) is 1.58. The van der Waals surface area contributed by atoms with E-state index >= 15 is 0 Å². The Hall–Kier alpha value is -1.75. The molecule has 0 saturated heterocycles. The lowest BCUT2D eigenvalue weighted by atomic mass is 10.1. The van der Waals surface area contributed by atoms with Gasteiger partial charge in [0, 0.05) is 12.6 Å². The summed E-state index contributed by atoms with van der Waals surface area (Å²) in [6, 6.07) is 6.52. The maximum atomic E-state index is 11.5. The molecule has 1 atom stereocenters. The molecule has 1 unspecified atom stereocenters. The molecule has 2 N–H and O–H groups in total. The van der Waals surface area contributed by atoms with Crippen LogP contribution >= 0.6 is 0 Å². The third-order valence-electron chi connectivity index (χ3n) is 2.57.